The van der Waals surface area contributed by atoms with Crippen LogP contribution in [-0.4, -0.2) is 30.4 Å². The highest BCUT2D eigenvalue weighted by atomic mass is 16.5. The quantitative estimate of drug-likeness (QED) is 0.844. The third kappa shape index (κ3) is 2.47. The van der Waals surface area contributed by atoms with Gasteiger partial charge in [0, 0.05) is 12.6 Å². The minimum atomic E-state index is -0.427. The summed E-state index contributed by atoms with van der Waals surface area (Å²) in [6.45, 7) is 3.05. The van der Waals surface area contributed by atoms with Crippen LogP contribution in [0.4, 0.5) is 0 Å². The zero-order valence-corrected chi connectivity index (χ0v) is 12.7. The van der Waals surface area contributed by atoms with Crippen LogP contribution in [0.3, 0.4) is 0 Å². The van der Waals surface area contributed by atoms with E-state index in [9.17, 15) is 5.11 Å². The van der Waals surface area contributed by atoms with Crippen molar-refractivity contribution in [3.63, 3.8) is 0 Å². The Hall–Kier alpha value is -1.06. The Morgan fingerprint density at radius 2 is 1.95 bits per heavy atom. The van der Waals surface area contributed by atoms with Crippen molar-refractivity contribution in [2.75, 3.05) is 13.2 Å². The van der Waals surface area contributed by atoms with Crippen molar-refractivity contribution in [1.82, 2.24) is 5.32 Å². The Morgan fingerprint density at radius 1 is 1.24 bits per heavy atom. The van der Waals surface area contributed by atoms with Gasteiger partial charge in [-0.05, 0) is 61.5 Å². The average Bonchev–Trinajstić information content (AvgIpc) is 2.87. The van der Waals surface area contributed by atoms with Gasteiger partial charge in [-0.2, -0.15) is 0 Å². The Balaban J connectivity index is 1.21. The number of nitrogens with one attached hydrogen (secondary N) is 1. The predicted octanol–water partition coefficient (Wildman–Crippen LogP) is 2.37. The SMILES string of the molecule is Cc1ccccc1OCC(O)CNC1C2C3CCC(C3)C12. The topological polar surface area (TPSA) is 41.5 Å². The second-order valence-corrected chi connectivity index (χ2v) is 7.15. The summed E-state index contributed by atoms with van der Waals surface area (Å²) in [5.74, 6) is 4.69. The molecule has 2 bridgehead atoms. The van der Waals surface area contributed by atoms with E-state index in [4.69, 9.17) is 4.74 Å². The van der Waals surface area contributed by atoms with Gasteiger partial charge in [0.1, 0.15) is 18.5 Å². The number of aliphatic hydroxyl groups excluding tert-OH is 1. The van der Waals surface area contributed by atoms with Gasteiger partial charge in [-0.1, -0.05) is 18.2 Å². The van der Waals surface area contributed by atoms with Gasteiger partial charge in [-0.3, -0.25) is 0 Å². The third-order valence-electron chi connectivity index (χ3n) is 5.85. The molecule has 3 nitrogen and oxygen atoms in total. The third-order valence-corrected chi connectivity index (χ3v) is 5.85. The van der Waals surface area contributed by atoms with Crippen LogP contribution in [0.5, 0.6) is 5.75 Å². The number of aryl methyl sites for hydroxylation is 1. The lowest BCUT2D eigenvalue weighted by atomic mass is 10.0. The number of aliphatic hydroxyl groups is 1. The van der Waals surface area contributed by atoms with Crippen molar-refractivity contribution in [2.24, 2.45) is 23.7 Å². The number of rotatable bonds is 6. The van der Waals surface area contributed by atoms with Gasteiger partial charge in [0.25, 0.3) is 0 Å². The minimum absolute atomic E-state index is 0.368. The first kappa shape index (κ1) is 13.6. The van der Waals surface area contributed by atoms with Crippen molar-refractivity contribution >= 4 is 0 Å². The van der Waals surface area contributed by atoms with Crippen LogP contribution < -0.4 is 10.1 Å². The van der Waals surface area contributed by atoms with E-state index < -0.39 is 6.10 Å². The normalized spacial score (nSPS) is 37.3. The molecule has 3 heteroatoms. The maximum atomic E-state index is 10.1. The summed E-state index contributed by atoms with van der Waals surface area (Å²) in [5.41, 5.74) is 1.12. The van der Waals surface area contributed by atoms with Crippen LogP contribution in [0.25, 0.3) is 0 Å². The molecule has 1 aromatic carbocycles. The standard InChI is InChI=1S/C18H25NO2/c1-11-4-2-3-5-15(11)21-10-14(20)9-19-18-16-12-6-7-13(8-12)17(16)18/h2-5,12-14,16-20H,6-10H2,1H3. The molecule has 5 unspecified atom stereocenters. The zero-order chi connectivity index (χ0) is 14.4. The molecule has 5 atom stereocenters. The lowest BCUT2D eigenvalue weighted by Crippen LogP contribution is -2.34. The molecule has 3 aliphatic carbocycles. The summed E-state index contributed by atoms with van der Waals surface area (Å²) < 4.78 is 5.71. The number of ether oxygens (including phenoxy) is 1. The summed E-state index contributed by atoms with van der Waals surface area (Å²) in [5, 5.41) is 13.7. The molecular weight excluding hydrogens is 262 g/mol. The number of para-hydroxylation sites is 1. The lowest BCUT2D eigenvalue weighted by Gasteiger charge is -2.16. The van der Waals surface area contributed by atoms with Crippen LogP contribution in [0, 0.1) is 30.6 Å². The molecule has 3 saturated carbocycles. The maximum absolute atomic E-state index is 10.1. The van der Waals surface area contributed by atoms with Crippen LogP contribution >= 0.6 is 0 Å². The van der Waals surface area contributed by atoms with E-state index in [0.717, 1.165) is 35.0 Å². The Bertz CT molecular complexity index is 502. The molecule has 0 aliphatic heterocycles. The monoisotopic (exact) mass is 287 g/mol. The van der Waals surface area contributed by atoms with Crippen molar-refractivity contribution in [2.45, 2.75) is 38.3 Å². The largest absolute Gasteiger partial charge is 0.491 e. The molecule has 0 aromatic heterocycles. The van der Waals surface area contributed by atoms with Crippen molar-refractivity contribution in [1.29, 1.82) is 0 Å². The second-order valence-electron chi connectivity index (χ2n) is 7.15. The number of hydrogen-bond donors (Lipinski definition) is 2. The van der Waals surface area contributed by atoms with Crippen molar-refractivity contribution in [3.05, 3.63) is 29.8 Å². The summed E-state index contributed by atoms with van der Waals surface area (Å²) in [7, 11) is 0. The van der Waals surface area contributed by atoms with Gasteiger partial charge in [-0.25, -0.2) is 0 Å². The summed E-state index contributed by atoms with van der Waals surface area (Å²) in [6, 6.07) is 8.64. The predicted molar refractivity (Wildman–Crippen MR) is 82.3 cm³/mol. The molecule has 0 saturated heterocycles. The molecular formula is C18H25NO2. The zero-order valence-electron chi connectivity index (χ0n) is 12.7. The number of hydrogen-bond acceptors (Lipinski definition) is 3. The molecule has 21 heavy (non-hydrogen) atoms. The van der Waals surface area contributed by atoms with Crippen molar-refractivity contribution < 1.29 is 9.84 Å². The van der Waals surface area contributed by atoms with E-state index in [2.05, 4.69) is 5.32 Å². The van der Waals surface area contributed by atoms with Gasteiger partial charge in [0.05, 0.1) is 0 Å². The number of fused-ring (bicyclic) bond motifs is 5. The Morgan fingerprint density at radius 3 is 2.67 bits per heavy atom. The fourth-order valence-corrected chi connectivity index (χ4v) is 4.83. The van der Waals surface area contributed by atoms with E-state index in [-0.39, 0.29) is 0 Å². The summed E-state index contributed by atoms with van der Waals surface area (Å²) >= 11 is 0. The smallest absolute Gasteiger partial charge is 0.122 e. The Kier molecular flexibility index (Phi) is 3.43. The van der Waals surface area contributed by atoms with Gasteiger partial charge in [0.15, 0.2) is 0 Å². The highest BCUT2D eigenvalue weighted by molar-refractivity contribution is 5.31. The molecule has 3 aliphatic rings. The molecule has 3 fully saturated rings. The molecule has 0 radical (unpaired) electrons. The fraction of sp³-hybridized carbons (Fsp3) is 0.667. The van der Waals surface area contributed by atoms with Crippen LogP contribution in [0.15, 0.2) is 24.3 Å². The molecule has 0 amide bonds. The van der Waals surface area contributed by atoms with E-state index in [1.807, 2.05) is 31.2 Å². The fourth-order valence-electron chi connectivity index (χ4n) is 4.83. The lowest BCUT2D eigenvalue weighted by molar-refractivity contribution is 0.104. The van der Waals surface area contributed by atoms with E-state index in [1.54, 1.807) is 0 Å². The van der Waals surface area contributed by atoms with Crippen LogP contribution in [0.2, 0.25) is 0 Å². The molecule has 0 spiro atoms. The molecule has 2 N–H and O–H groups in total. The van der Waals surface area contributed by atoms with Gasteiger partial charge >= 0.3 is 0 Å². The highest BCUT2D eigenvalue weighted by Crippen LogP contribution is 2.65. The molecule has 1 aromatic rings. The van der Waals surface area contributed by atoms with E-state index >= 15 is 0 Å². The summed E-state index contributed by atoms with van der Waals surface area (Å²) in [6.07, 6.45) is 3.95. The second kappa shape index (κ2) is 5.29. The molecule has 114 valence electrons. The van der Waals surface area contributed by atoms with Gasteiger partial charge < -0.3 is 15.2 Å². The first-order valence-corrected chi connectivity index (χ1v) is 8.34. The van der Waals surface area contributed by atoms with Crippen LogP contribution in [-0.2, 0) is 0 Å². The van der Waals surface area contributed by atoms with Gasteiger partial charge in [0.2, 0.25) is 0 Å². The van der Waals surface area contributed by atoms with Gasteiger partial charge in [-0.15, -0.1) is 0 Å². The first-order chi connectivity index (χ1) is 10.2. The highest BCUT2D eigenvalue weighted by Gasteiger charge is 2.64. The Labute approximate surface area is 126 Å². The van der Waals surface area contributed by atoms with E-state index in [0.29, 0.717) is 19.2 Å². The van der Waals surface area contributed by atoms with Crippen LogP contribution in [0.1, 0.15) is 24.8 Å². The number of benzene rings is 1. The minimum Gasteiger partial charge on any atom is -0.491 e. The molecule has 4 rings (SSSR count). The maximum Gasteiger partial charge on any atom is 0.122 e. The average molecular weight is 287 g/mol. The molecule has 0 heterocycles. The van der Waals surface area contributed by atoms with Crippen molar-refractivity contribution in [3.8, 4) is 5.75 Å². The summed E-state index contributed by atoms with van der Waals surface area (Å²) in [4.78, 5) is 0. The van der Waals surface area contributed by atoms with E-state index in [1.165, 1.54) is 19.3 Å². The first-order valence-electron chi connectivity index (χ1n) is 8.34.